The summed E-state index contributed by atoms with van der Waals surface area (Å²) in [5, 5.41) is 4.72. The Morgan fingerprint density at radius 1 is 0.966 bits per heavy atom. The van der Waals surface area contributed by atoms with Crippen molar-refractivity contribution in [2.75, 3.05) is 0 Å². The molecular weight excluding hydrogens is 401 g/mol. The molecule has 0 spiro atoms. The third-order valence-electron chi connectivity index (χ3n) is 4.24. The minimum absolute atomic E-state index is 0.193. The molecule has 5 nitrogen and oxygen atoms in total. The normalized spacial score (nSPS) is 11.9. The van der Waals surface area contributed by atoms with Crippen LogP contribution < -0.4 is 0 Å². The fourth-order valence-electron chi connectivity index (χ4n) is 2.73. The van der Waals surface area contributed by atoms with Gasteiger partial charge in [-0.1, -0.05) is 66.3 Å². The minimum atomic E-state index is -4.62. The Morgan fingerprint density at radius 3 is 2.45 bits per heavy atom. The number of hydrogen-bond acceptors (Lipinski definition) is 6. The number of fused-ring (bicyclic) bond motifs is 1. The Balaban J connectivity index is 1.57. The number of aryl methyl sites for hydroxylation is 1. The molecule has 2 aromatic heterocycles. The number of aromatic nitrogens is 4. The first-order valence-electron chi connectivity index (χ1n) is 8.82. The molecule has 148 valence electrons. The quantitative estimate of drug-likeness (QED) is 0.314. The van der Waals surface area contributed by atoms with Gasteiger partial charge in [0.1, 0.15) is 5.03 Å². The second-order valence-electron chi connectivity index (χ2n) is 6.22. The van der Waals surface area contributed by atoms with Crippen molar-refractivity contribution >= 4 is 22.7 Å². The molecule has 0 radical (unpaired) electrons. The lowest BCUT2D eigenvalue weighted by Crippen LogP contribution is -2.11. The number of thioether (sulfide) groups is 1. The van der Waals surface area contributed by atoms with Gasteiger partial charge < -0.3 is 4.52 Å². The van der Waals surface area contributed by atoms with Gasteiger partial charge in [0.15, 0.2) is 0 Å². The molecule has 0 aliphatic rings. The number of para-hydroxylation sites is 1. The van der Waals surface area contributed by atoms with Crippen LogP contribution in [-0.2, 0) is 18.3 Å². The van der Waals surface area contributed by atoms with Crippen molar-refractivity contribution in [2.24, 2.45) is 0 Å². The fraction of sp³-hybridized carbons (Fsp3) is 0.200. The summed E-state index contributed by atoms with van der Waals surface area (Å²) in [6, 6.07) is 14.4. The highest BCUT2D eigenvalue weighted by atomic mass is 32.2. The molecule has 2 aromatic carbocycles. The summed E-state index contributed by atoms with van der Waals surface area (Å²) in [6.07, 6.45) is -3.69. The number of rotatable bonds is 5. The first-order chi connectivity index (χ1) is 13.9. The van der Waals surface area contributed by atoms with Crippen LogP contribution in [-0.4, -0.2) is 20.1 Å². The Labute approximate surface area is 168 Å². The zero-order valence-electron chi connectivity index (χ0n) is 15.3. The first-order valence-corrected chi connectivity index (χ1v) is 9.81. The summed E-state index contributed by atoms with van der Waals surface area (Å²) in [5.41, 5.74) is 2.25. The highest BCUT2D eigenvalue weighted by molar-refractivity contribution is 7.98. The highest BCUT2D eigenvalue weighted by Gasteiger charge is 2.35. The molecule has 0 N–H and O–H groups in total. The van der Waals surface area contributed by atoms with Crippen molar-refractivity contribution in [2.45, 2.75) is 30.3 Å². The van der Waals surface area contributed by atoms with Gasteiger partial charge in [0.25, 0.3) is 0 Å². The van der Waals surface area contributed by atoms with Crippen molar-refractivity contribution < 1.29 is 17.7 Å². The summed E-state index contributed by atoms with van der Waals surface area (Å²) in [4.78, 5) is 11.7. The monoisotopic (exact) mass is 416 g/mol. The van der Waals surface area contributed by atoms with Crippen LogP contribution in [0.2, 0.25) is 0 Å². The van der Waals surface area contributed by atoms with E-state index in [9.17, 15) is 13.2 Å². The van der Waals surface area contributed by atoms with Gasteiger partial charge in [0.2, 0.25) is 17.5 Å². The van der Waals surface area contributed by atoms with E-state index in [1.54, 1.807) is 18.2 Å². The third-order valence-corrected chi connectivity index (χ3v) is 5.22. The summed E-state index contributed by atoms with van der Waals surface area (Å²) in [7, 11) is 0. The summed E-state index contributed by atoms with van der Waals surface area (Å²) >= 11 is 1.10. The zero-order chi connectivity index (χ0) is 20.4. The van der Waals surface area contributed by atoms with E-state index in [1.807, 2.05) is 24.3 Å². The molecule has 0 aliphatic heterocycles. The molecule has 0 atom stereocenters. The number of nitrogens with zero attached hydrogens (tertiary/aromatic N) is 4. The van der Waals surface area contributed by atoms with Crippen molar-refractivity contribution in [1.29, 1.82) is 0 Å². The van der Waals surface area contributed by atoms with Crippen molar-refractivity contribution in [3.8, 4) is 11.4 Å². The molecule has 0 aliphatic carbocycles. The van der Waals surface area contributed by atoms with Crippen molar-refractivity contribution in [3.05, 3.63) is 65.8 Å². The van der Waals surface area contributed by atoms with Gasteiger partial charge in [-0.15, -0.1) is 0 Å². The number of benzene rings is 2. The summed E-state index contributed by atoms with van der Waals surface area (Å²) < 4.78 is 44.6. The van der Waals surface area contributed by atoms with E-state index >= 15 is 0 Å². The van der Waals surface area contributed by atoms with Crippen LogP contribution in [0.1, 0.15) is 24.2 Å². The van der Waals surface area contributed by atoms with E-state index in [0.29, 0.717) is 17.1 Å². The highest BCUT2D eigenvalue weighted by Crippen LogP contribution is 2.33. The molecule has 2 heterocycles. The van der Waals surface area contributed by atoms with Gasteiger partial charge in [0, 0.05) is 10.9 Å². The van der Waals surface area contributed by atoms with Gasteiger partial charge in [-0.2, -0.15) is 18.2 Å². The second kappa shape index (κ2) is 7.82. The van der Waals surface area contributed by atoms with Crippen LogP contribution in [0, 0.1) is 0 Å². The number of hydrogen-bond donors (Lipinski definition) is 0. The van der Waals surface area contributed by atoms with Crippen LogP contribution >= 0.6 is 11.8 Å². The van der Waals surface area contributed by atoms with Gasteiger partial charge in [-0.05, 0) is 18.1 Å². The van der Waals surface area contributed by atoms with Crippen LogP contribution in [0.3, 0.4) is 0 Å². The summed E-state index contributed by atoms with van der Waals surface area (Å²) in [6.45, 7) is 2.07. The Morgan fingerprint density at radius 2 is 1.72 bits per heavy atom. The molecule has 0 saturated carbocycles. The molecule has 4 aromatic rings. The molecule has 0 saturated heterocycles. The predicted octanol–water partition coefficient (Wildman–Crippen LogP) is 5.55. The maximum Gasteiger partial charge on any atom is 0.451 e. The smallest absolute Gasteiger partial charge is 0.338 e. The van der Waals surface area contributed by atoms with E-state index in [2.05, 4.69) is 27.0 Å². The average Bonchev–Trinajstić information content (AvgIpc) is 3.20. The second-order valence-corrected chi connectivity index (χ2v) is 7.18. The lowest BCUT2D eigenvalue weighted by molar-refractivity contribution is -0.145. The molecular formula is C20H15F3N4OS. The lowest BCUT2D eigenvalue weighted by atomic mass is 10.1. The van der Waals surface area contributed by atoms with Gasteiger partial charge in [-0.25, -0.2) is 9.97 Å². The molecule has 0 fully saturated rings. The van der Waals surface area contributed by atoms with Crippen LogP contribution in [0.5, 0.6) is 0 Å². The first kappa shape index (κ1) is 19.4. The zero-order valence-corrected chi connectivity index (χ0v) is 16.1. The maximum absolute atomic E-state index is 13.1. The largest absolute Gasteiger partial charge is 0.451 e. The molecule has 4 rings (SSSR count). The summed E-state index contributed by atoms with van der Waals surface area (Å²) in [5.74, 6) is -0.230. The standard InChI is InChI=1S/C20H15F3N4OS/c1-2-12-7-9-13(10-8-12)17-25-16(28-27-17)11-29-18-14-5-3-4-6-15(14)24-19(26-18)20(21,22)23/h3-10H,2,11H2,1H3. The van der Waals surface area contributed by atoms with Gasteiger partial charge in [0.05, 0.1) is 11.3 Å². The van der Waals surface area contributed by atoms with E-state index in [-0.39, 0.29) is 16.3 Å². The van der Waals surface area contributed by atoms with Gasteiger partial charge >= 0.3 is 6.18 Å². The van der Waals surface area contributed by atoms with E-state index < -0.39 is 12.0 Å². The minimum Gasteiger partial charge on any atom is -0.338 e. The van der Waals surface area contributed by atoms with E-state index in [0.717, 1.165) is 23.7 Å². The molecule has 9 heteroatoms. The average molecular weight is 416 g/mol. The Bertz CT molecular complexity index is 1140. The maximum atomic E-state index is 13.1. The number of halogens is 3. The van der Waals surface area contributed by atoms with Crippen LogP contribution in [0.15, 0.2) is 58.1 Å². The fourth-order valence-corrected chi connectivity index (χ4v) is 3.59. The number of alkyl halides is 3. The Kier molecular flexibility index (Phi) is 5.23. The molecule has 0 bridgehead atoms. The van der Waals surface area contributed by atoms with Crippen LogP contribution in [0.25, 0.3) is 22.3 Å². The van der Waals surface area contributed by atoms with E-state index in [1.165, 1.54) is 11.6 Å². The van der Waals surface area contributed by atoms with Gasteiger partial charge in [-0.3, -0.25) is 0 Å². The molecule has 29 heavy (non-hydrogen) atoms. The SMILES string of the molecule is CCc1ccc(-c2noc(CSc3nc(C(F)(F)F)nc4ccccc34)n2)cc1. The third kappa shape index (κ3) is 4.24. The van der Waals surface area contributed by atoms with Crippen molar-refractivity contribution in [3.63, 3.8) is 0 Å². The Hall–Kier alpha value is -2.94. The lowest BCUT2D eigenvalue weighted by Gasteiger charge is -2.09. The van der Waals surface area contributed by atoms with Crippen LogP contribution in [0.4, 0.5) is 13.2 Å². The van der Waals surface area contributed by atoms with Crippen molar-refractivity contribution in [1.82, 2.24) is 20.1 Å². The molecule has 0 unspecified atom stereocenters. The van der Waals surface area contributed by atoms with E-state index in [4.69, 9.17) is 4.52 Å². The molecule has 0 amide bonds. The topological polar surface area (TPSA) is 64.7 Å². The predicted molar refractivity (Wildman–Crippen MR) is 103 cm³/mol.